The van der Waals surface area contributed by atoms with Crippen LogP contribution >= 0.6 is 12.2 Å². The first-order valence-electron chi connectivity index (χ1n) is 6.31. The van der Waals surface area contributed by atoms with E-state index in [1.165, 1.54) is 0 Å². The van der Waals surface area contributed by atoms with Crippen LogP contribution in [0.3, 0.4) is 0 Å². The molecule has 0 saturated carbocycles. The van der Waals surface area contributed by atoms with E-state index in [1.807, 2.05) is 30.3 Å². The normalized spacial score (nSPS) is 10.2. The minimum absolute atomic E-state index is 0.167. The fourth-order valence-electron chi connectivity index (χ4n) is 1.77. The van der Waals surface area contributed by atoms with Gasteiger partial charge in [0, 0.05) is 19.2 Å². The predicted molar refractivity (Wildman–Crippen MR) is 82.9 cm³/mol. The van der Waals surface area contributed by atoms with Crippen molar-refractivity contribution in [1.82, 2.24) is 4.57 Å². The smallest absolute Gasteiger partial charge is 0.292 e. The van der Waals surface area contributed by atoms with Crippen molar-refractivity contribution in [1.29, 1.82) is 0 Å². The van der Waals surface area contributed by atoms with Crippen LogP contribution in [0.5, 0.6) is 5.75 Å². The van der Waals surface area contributed by atoms with E-state index in [0.29, 0.717) is 30.3 Å². The number of hydrogen-bond acceptors (Lipinski definition) is 3. The molecule has 0 aliphatic rings. The summed E-state index contributed by atoms with van der Waals surface area (Å²) in [6, 6.07) is 13.2. The maximum absolute atomic E-state index is 12.2. The lowest BCUT2D eigenvalue weighted by Crippen LogP contribution is -2.23. The minimum Gasteiger partial charge on any atom is -0.483 e. The Hall–Kier alpha value is -2.14. The number of ether oxygens (including phenoxy) is 1. The van der Waals surface area contributed by atoms with Gasteiger partial charge < -0.3 is 15.0 Å². The van der Waals surface area contributed by atoms with E-state index in [-0.39, 0.29) is 5.56 Å². The zero-order chi connectivity index (χ0) is 14.4. The number of aryl methyl sites for hydroxylation is 1. The summed E-state index contributed by atoms with van der Waals surface area (Å²) < 4.78 is 7.13. The van der Waals surface area contributed by atoms with Gasteiger partial charge in [-0.1, -0.05) is 42.5 Å². The number of aromatic nitrogens is 1. The van der Waals surface area contributed by atoms with Crippen molar-refractivity contribution in [2.24, 2.45) is 5.73 Å². The van der Waals surface area contributed by atoms with E-state index in [4.69, 9.17) is 22.7 Å². The summed E-state index contributed by atoms with van der Waals surface area (Å²) in [5.41, 5.74) is 6.30. The number of nitrogens with two attached hydrogens (primary N) is 1. The molecule has 1 aromatic carbocycles. The van der Waals surface area contributed by atoms with Gasteiger partial charge in [0.05, 0.1) is 4.99 Å². The number of hydrogen-bond donors (Lipinski definition) is 1. The Balaban J connectivity index is 2.07. The molecule has 0 bridgehead atoms. The Morgan fingerprint density at radius 3 is 2.65 bits per heavy atom. The quantitative estimate of drug-likeness (QED) is 0.827. The van der Waals surface area contributed by atoms with Gasteiger partial charge in [-0.05, 0) is 17.7 Å². The van der Waals surface area contributed by atoms with E-state index in [2.05, 4.69) is 0 Å². The molecule has 4 nitrogen and oxygen atoms in total. The zero-order valence-electron chi connectivity index (χ0n) is 11.0. The Kier molecular flexibility index (Phi) is 4.90. The molecule has 2 N–H and O–H groups in total. The molecule has 0 saturated heterocycles. The summed E-state index contributed by atoms with van der Waals surface area (Å²) in [4.78, 5) is 12.6. The van der Waals surface area contributed by atoms with Crippen LogP contribution in [0.15, 0.2) is 53.5 Å². The summed E-state index contributed by atoms with van der Waals surface area (Å²) in [5.74, 6) is 0.333. The van der Waals surface area contributed by atoms with Crippen LogP contribution < -0.4 is 16.0 Å². The molecule has 2 aromatic rings. The van der Waals surface area contributed by atoms with Crippen LogP contribution in [-0.4, -0.2) is 9.56 Å². The number of thiocarbonyl (C=S) groups is 1. The van der Waals surface area contributed by atoms with Crippen molar-refractivity contribution >= 4 is 17.2 Å². The van der Waals surface area contributed by atoms with E-state index in [9.17, 15) is 4.79 Å². The fourth-order valence-corrected chi connectivity index (χ4v) is 1.86. The lowest BCUT2D eigenvalue weighted by molar-refractivity contribution is 0.299. The first-order chi connectivity index (χ1) is 9.66. The second-order valence-electron chi connectivity index (χ2n) is 4.36. The molecule has 0 amide bonds. The third-order valence-corrected chi connectivity index (χ3v) is 3.03. The monoisotopic (exact) mass is 288 g/mol. The van der Waals surface area contributed by atoms with E-state index < -0.39 is 0 Å². The average molecular weight is 288 g/mol. The third kappa shape index (κ3) is 3.93. The topological polar surface area (TPSA) is 57.2 Å². The molecule has 2 rings (SSSR count). The standard InChI is InChI=1S/C15H16N2O2S/c16-14(20)8-10-17-9-4-7-13(15(17)18)19-11-12-5-2-1-3-6-12/h1-7,9H,8,10-11H2,(H2,16,20). The van der Waals surface area contributed by atoms with Gasteiger partial charge in [-0.2, -0.15) is 0 Å². The first-order valence-corrected chi connectivity index (χ1v) is 6.72. The van der Waals surface area contributed by atoms with Crippen LogP contribution in [0.25, 0.3) is 0 Å². The van der Waals surface area contributed by atoms with Crippen LogP contribution in [0.4, 0.5) is 0 Å². The molecule has 0 unspecified atom stereocenters. The minimum atomic E-state index is -0.167. The molecular formula is C15H16N2O2S. The maximum atomic E-state index is 12.2. The van der Waals surface area contributed by atoms with Gasteiger partial charge in [-0.3, -0.25) is 4.79 Å². The summed E-state index contributed by atoms with van der Waals surface area (Å²) in [7, 11) is 0. The SMILES string of the molecule is NC(=S)CCn1cccc(OCc2ccccc2)c1=O. The predicted octanol–water partition coefficient (Wildman–Crippen LogP) is 2.10. The molecule has 0 spiro atoms. The van der Waals surface area contributed by atoms with Gasteiger partial charge in [0.1, 0.15) is 6.61 Å². The molecule has 20 heavy (non-hydrogen) atoms. The second kappa shape index (κ2) is 6.86. The van der Waals surface area contributed by atoms with Crippen molar-refractivity contribution in [2.45, 2.75) is 19.6 Å². The molecule has 0 radical (unpaired) electrons. The molecule has 5 heteroatoms. The van der Waals surface area contributed by atoms with Gasteiger partial charge in [-0.25, -0.2) is 0 Å². The van der Waals surface area contributed by atoms with Crippen LogP contribution in [0.2, 0.25) is 0 Å². The van der Waals surface area contributed by atoms with Gasteiger partial charge >= 0.3 is 0 Å². The highest BCUT2D eigenvalue weighted by atomic mass is 32.1. The largest absolute Gasteiger partial charge is 0.483 e. The lowest BCUT2D eigenvalue weighted by Gasteiger charge is -2.09. The van der Waals surface area contributed by atoms with Crippen molar-refractivity contribution in [3.05, 3.63) is 64.6 Å². The first kappa shape index (κ1) is 14.3. The van der Waals surface area contributed by atoms with Crippen LogP contribution in [0, 0.1) is 0 Å². The van der Waals surface area contributed by atoms with Crippen molar-refractivity contribution in [3.8, 4) is 5.75 Å². The van der Waals surface area contributed by atoms with Crippen molar-refractivity contribution < 1.29 is 4.74 Å². The molecule has 1 aromatic heterocycles. The summed E-state index contributed by atoms with van der Waals surface area (Å²) >= 11 is 4.82. The third-order valence-electron chi connectivity index (χ3n) is 2.82. The van der Waals surface area contributed by atoms with Gasteiger partial charge in [0.2, 0.25) is 0 Å². The van der Waals surface area contributed by atoms with Crippen molar-refractivity contribution in [2.75, 3.05) is 0 Å². The molecule has 104 valence electrons. The van der Waals surface area contributed by atoms with E-state index >= 15 is 0 Å². The van der Waals surface area contributed by atoms with Crippen LogP contribution in [-0.2, 0) is 13.2 Å². The van der Waals surface area contributed by atoms with E-state index in [1.54, 1.807) is 22.9 Å². The molecule has 1 heterocycles. The number of nitrogens with zero attached hydrogens (tertiary/aromatic N) is 1. The van der Waals surface area contributed by atoms with Crippen LogP contribution in [0.1, 0.15) is 12.0 Å². The Morgan fingerprint density at radius 1 is 1.20 bits per heavy atom. The maximum Gasteiger partial charge on any atom is 0.292 e. The average Bonchev–Trinajstić information content (AvgIpc) is 2.46. The number of rotatable bonds is 6. The van der Waals surface area contributed by atoms with Gasteiger partial charge in [0.15, 0.2) is 5.75 Å². The molecular weight excluding hydrogens is 272 g/mol. The molecule has 0 aliphatic carbocycles. The fraction of sp³-hybridized carbons (Fsp3) is 0.200. The van der Waals surface area contributed by atoms with Gasteiger partial charge in [0.25, 0.3) is 5.56 Å². The Bertz CT molecular complexity index is 638. The van der Waals surface area contributed by atoms with Crippen molar-refractivity contribution in [3.63, 3.8) is 0 Å². The molecule has 0 aliphatic heterocycles. The summed E-state index contributed by atoms with van der Waals surface area (Å²) in [5, 5.41) is 0. The van der Waals surface area contributed by atoms with E-state index in [0.717, 1.165) is 5.56 Å². The zero-order valence-corrected chi connectivity index (χ0v) is 11.8. The number of pyridine rings is 1. The summed E-state index contributed by atoms with van der Waals surface area (Å²) in [6.45, 7) is 0.839. The highest BCUT2D eigenvalue weighted by Crippen LogP contribution is 2.07. The number of benzene rings is 1. The second-order valence-corrected chi connectivity index (χ2v) is 4.89. The Morgan fingerprint density at radius 2 is 1.95 bits per heavy atom. The molecule has 0 fully saturated rings. The van der Waals surface area contributed by atoms with Gasteiger partial charge in [-0.15, -0.1) is 0 Å². The molecule has 0 atom stereocenters. The highest BCUT2D eigenvalue weighted by Gasteiger charge is 2.05. The lowest BCUT2D eigenvalue weighted by atomic mass is 10.2. The summed E-state index contributed by atoms with van der Waals surface area (Å²) in [6.07, 6.45) is 2.20. The Labute approximate surface area is 122 Å². The highest BCUT2D eigenvalue weighted by molar-refractivity contribution is 7.80.